The molecule has 0 bridgehead atoms. The maximum Gasteiger partial charge on any atom is 0.0133 e. The van der Waals surface area contributed by atoms with Crippen molar-refractivity contribution in [2.75, 3.05) is 7.05 Å². The third-order valence-corrected chi connectivity index (χ3v) is 5.44. The van der Waals surface area contributed by atoms with Gasteiger partial charge in [-0.25, -0.2) is 0 Å². The summed E-state index contributed by atoms with van der Waals surface area (Å²) >= 11 is 0. The van der Waals surface area contributed by atoms with Gasteiger partial charge >= 0.3 is 0 Å². The first-order valence-corrected chi connectivity index (χ1v) is 8.90. The van der Waals surface area contributed by atoms with Gasteiger partial charge in [-0.3, -0.25) is 0 Å². The third-order valence-electron chi connectivity index (χ3n) is 5.44. The molecule has 0 spiro atoms. The van der Waals surface area contributed by atoms with Crippen LogP contribution in [-0.2, 0) is 6.42 Å². The minimum absolute atomic E-state index is 0.628. The summed E-state index contributed by atoms with van der Waals surface area (Å²) < 4.78 is 0. The van der Waals surface area contributed by atoms with Crippen LogP contribution in [0.1, 0.15) is 69.9 Å². The number of hydrogen-bond acceptors (Lipinski definition) is 1. The Labute approximate surface area is 131 Å². The van der Waals surface area contributed by atoms with Crippen molar-refractivity contribution in [3.05, 3.63) is 35.4 Å². The van der Waals surface area contributed by atoms with E-state index in [4.69, 9.17) is 0 Å². The van der Waals surface area contributed by atoms with Crippen LogP contribution in [0, 0.1) is 11.8 Å². The average Bonchev–Trinajstić information content (AvgIpc) is 2.53. The highest BCUT2D eigenvalue weighted by atomic mass is 14.9. The lowest BCUT2D eigenvalue weighted by atomic mass is 9.75. The van der Waals surface area contributed by atoms with Crippen molar-refractivity contribution in [1.82, 2.24) is 5.32 Å². The topological polar surface area (TPSA) is 12.0 Å². The first-order valence-electron chi connectivity index (χ1n) is 8.90. The van der Waals surface area contributed by atoms with Gasteiger partial charge in [0.25, 0.3) is 0 Å². The minimum atomic E-state index is 0.628. The van der Waals surface area contributed by atoms with Gasteiger partial charge < -0.3 is 5.32 Å². The van der Waals surface area contributed by atoms with E-state index in [9.17, 15) is 0 Å². The van der Waals surface area contributed by atoms with E-state index in [2.05, 4.69) is 57.4 Å². The number of benzene rings is 1. The van der Waals surface area contributed by atoms with Crippen LogP contribution in [0.4, 0.5) is 0 Å². The molecule has 0 radical (unpaired) electrons. The van der Waals surface area contributed by atoms with Crippen LogP contribution in [0.25, 0.3) is 0 Å². The Morgan fingerprint density at radius 2 is 1.86 bits per heavy atom. The van der Waals surface area contributed by atoms with Crippen LogP contribution in [0.3, 0.4) is 0 Å². The summed E-state index contributed by atoms with van der Waals surface area (Å²) in [6.45, 7) is 6.88. The second kappa shape index (κ2) is 7.98. The maximum absolute atomic E-state index is 3.60. The van der Waals surface area contributed by atoms with Crippen LogP contribution in [0.15, 0.2) is 24.3 Å². The third kappa shape index (κ3) is 4.57. The van der Waals surface area contributed by atoms with Crippen molar-refractivity contribution >= 4 is 0 Å². The fraction of sp³-hybridized carbons (Fsp3) is 0.700. The predicted molar refractivity (Wildman–Crippen MR) is 92.8 cm³/mol. The van der Waals surface area contributed by atoms with Gasteiger partial charge in [0.15, 0.2) is 0 Å². The van der Waals surface area contributed by atoms with E-state index in [0.29, 0.717) is 12.0 Å². The van der Waals surface area contributed by atoms with E-state index in [1.165, 1.54) is 49.7 Å². The lowest BCUT2D eigenvalue weighted by Gasteiger charge is -2.34. The van der Waals surface area contributed by atoms with Crippen molar-refractivity contribution < 1.29 is 0 Å². The Bertz CT molecular complexity index is 406. The van der Waals surface area contributed by atoms with E-state index in [1.807, 2.05) is 0 Å². The molecule has 0 aromatic heterocycles. The quantitative estimate of drug-likeness (QED) is 0.762. The lowest BCUT2D eigenvalue weighted by molar-refractivity contribution is 0.212. The number of nitrogens with one attached hydrogen (secondary N) is 1. The highest BCUT2D eigenvalue weighted by molar-refractivity contribution is 5.25. The molecule has 1 N–H and O–H groups in total. The minimum Gasteiger partial charge on any atom is -0.316 e. The molecule has 1 nitrogen and oxygen atoms in total. The van der Waals surface area contributed by atoms with Gasteiger partial charge in [0.05, 0.1) is 0 Å². The molecule has 0 amide bonds. The summed E-state index contributed by atoms with van der Waals surface area (Å²) in [5.41, 5.74) is 2.93. The second-order valence-electron chi connectivity index (χ2n) is 7.20. The zero-order valence-corrected chi connectivity index (χ0v) is 14.4. The standard InChI is InChI=1S/C20H33N/c1-5-16-7-6-8-19(13-16)20(21-4)14-17-9-11-18(12-10-17)15(2)3/h9-12,15-16,19-21H,5-8,13-14H2,1-4H3. The molecule has 1 aromatic rings. The van der Waals surface area contributed by atoms with Gasteiger partial charge in [-0.1, -0.05) is 64.3 Å². The zero-order valence-electron chi connectivity index (χ0n) is 14.4. The van der Waals surface area contributed by atoms with E-state index in [-0.39, 0.29) is 0 Å². The Hall–Kier alpha value is -0.820. The molecular formula is C20H33N. The van der Waals surface area contributed by atoms with Crippen molar-refractivity contribution in [1.29, 1.82) is 0 Å². The molecule has 0 saturated heterocycles. The molecule has 3 atom stereocenters. The zero-order chi connectivity index (χ0) is 15.2. The highest BCUT2D eigenvalue weighted by Gasteiger charge is 2.26. The molecule has 0 aliphatic heterocycles. The van der Waals surface area contributed by atoms with Gasteiger partial charge in [-0.2, -0.15) is 0 Å². The van der Waals surface area contributed by atoms with Crippen LogP contribution in [0.2, 0.25) is 0 Å². The first-order chi connectivity index (χ1) is 10.1. The highest BCUT2D eigenvalue weighted by Crippen LogP contribution is 2.33. The number of hydrogen-bond donors (Lipinski definition) is 1. The summed E-state index contributed by atoms with van der Waals surface area (Å²) in [4.78, 5) is 0. The van der Waals surface area contributed by atoms with Crippen molar-refractivity contribution in [2.45, 2.75) is 71.3 Å². The molecule has 1 heteroatoms. The fourth-order valence-electron chi connectivity index (χ4n) is 3.87. The molecule has 0 heterocycles. The van der Waals surface area contributed by atoms with E-state index < -0.39 is 0 Å². The molecule has 2 rings (SSSR count). The maximum atomic E-state index is 3.60. The number of likely N-dealkylation sites (N-methyl/N-ethyl adjacent to an activating group) is 1. The Morgan fingerprint density at radius 1 is 1.14 bits per heavy atom. The van der Waals surface area contributed by atoms with Crippen LogP contribution in [-0.4, -0.2) is 13.1 Å². The van der Waals surface area contributed by atoms with Crippen LogP contribution >= 0.6 is 0 Å². The van der Waals surface area contributed by atoms with Gasteiger partial charge in [0.2, 0.25) is 0 Å². The molecule has 118 valence electrons. The summed E-state index contributed by atoms with van der Waals surface area (Å²) in [5.74, 6) is 2.45. The molecule has 21 heavy (non-hydrogen) atoms. The van der Waals surface area contributed by atoms with Crippen molar-refractivity contribution in [2.24, 2.45) is 11.8 Å². The van der Waals surface area contributed by atoms with Crippen LogP contribution in [0.5, 0.6) is 0 Å². The summed E-state index contributed by atoms with van der Waals surface area (Å²) in [7, 11) is 2.14. The summed E-state index contributed by atoms with van der Waals surface area (Å²) in [6.07, 6.45) is 8.24. The Morgan fingerprint density at radius 3 is 2.43 bits per heavy atom. The van der Waals surface area contributed by atoms with Crippen molar-refractivity contribution in [3.63, 3.8) is 0 Å². The first kappa shape index (κ1) is 16.5. The van der Waals surface area contributed by atoms with Gasteiger partial charge in [-0.15, -0.1) is 0 Å². The Kier molecular flexibility index (Phi) is 6.29. The molecule has 3 unspecified atom stereocenters. The number of rotatable bonds is 6. The smallest absolute Gasteiger partial charge is 0.0133 e. The monoisotopic (exact) mass is 287 g/mol. The fourth-order valence-corrected chi connectivity index (χ4v) is 3.87. The molecule has 1 aliphatic carbocycles. The molecule has 1 aliphatic rings. The summed E-state index contributed by atoms with van der Waals surface area (Å²) in [5, 5.41) is 3.60. The normalized spacial score (nSPS) is 24.2. The van der Waals surface area contributed by atoms with E-state index in [0.717, 1.165) is 11.8 Å². The van der Waals surface area contributed by atoms with Gasteiger partial charge in [-0.05, 0) is 55.2 Å². The average molecular weight is 287 g/mol. The SMILES string of the molecule is CCC1CCCC(C(Cc2ccc(C(C)C)cc2)NC)C1. The largest absolute Gasteiger partial charge is 0.316 e. The summed E-state index contributed by atoms with van der Waals surface area (Å²) in [6, 6.07) is 9.93. The molecule has 1 saturated carbocycles. The van der Waals surface area contributed by atoms with Crippen LogP contribution < -0.4 is 5.32 Å². The van der Waals surface area contributed by atoms with E-state index in [1.54, 1.807) is 0 Å². The molecule has 1 aromatic carbocycles. The van der Waals surface area contributed by atoms with Gasteiger partial charge in [0, 0.05) is 6.04 Å². The van der Waals surface area contributed by atoms with Crippen molar-refractivity contribution in [3.8, 4) is 0 Å². The molecular weight excluding hydrogens is 254 g/mol. The van der Waals surface area contributed by atoms with E-state index >= 15 is 0 Å². The molecule has 1 fully saturated rings. The van der Waals surface area contributed by atoms with Gasteiger partial charge in [0.1, 0.15) is 0 Å². The predicted octanol–water partition coefficient (Wildman–Crippen LogP) is 5.16. The second-order valence-corrected chi connectivity index (χ2v) is 7.20. The lowest BCUT2D eigenvalue weighted by Crippen LogP contribution is -2.38. The Balaban J connectivity index is 1.98.